The molecule has 0 saturated carbocycles. The second-order valence-corrected chi connectivity index (χ2v) is 4.92. The molecule has 0 aliphatic heterocycles. The number of carbonyl (C=O) groups is 1. The molecule has 2 amide bonds. The summed E-state index contributed by atoms with van der Waals surface area (Å²) in [5.74, 6) is 0.523. The first-order chi connectivity index (χ1) is 10.8. The van der Waals surface area contributed by atoms with Gasteiger partial charge in [-0.25, -0.2) is 4.79 Å². The molecule has 1 aromatic heterocycles. The lowest BCUT2D eigenvalue weighted by molar-refractivity contribution is -0.155. The standard InChI is InChI=1S/C14H15F3N4O2/c1-9-18-11(20-23-9)8-21(2)13(22)19-12(14(15,16)17)10-6-4-3-5-7-10/h3-7,12H,8H2,1-2H3,(H,19,22)/t12-/m1/s1. The van der Waals surface area contributed by atoms with Crippen LogP contribution in [0.25, 0.3) is 0 Å². The Balaban J connectivity index is 2.08. The Morgan fingerprint density at radius 1 is 1.35 bits per heavy atom. The van der Waals surface area contributed by atoms with Crippen molar-refractivity contribution in [3.8, 4) is 0 Å². The molecule has 23 heavy (non-hydrogen) atoms. The second kappa shape index (κ2) is 6.67. The van der Waals surface area contributed by atoms with E-state index in [0.29, 0.717) is 5.89 Å². The van der Waals surface area contributed by atoms with Crippen LogP contribution in [0.1, 0.15) is 23.3 Å². The minimum Gasteiger partial charge on any atom is -0.340 e. The van der Waals surface area contributed by atoms with Gasteiger partial charge in [0.2, 0.25) is 5.89 Å². The SMILES string of the molecule is Cc1nc(CN(C)C(=O)N[C@H](c2ccccc2)C(F)(F)F)no1. The highest BCUT2D eigenvalue weighted by atomic mass is 19.4. The van der Waals surface area contributed by atoms with Gasteiger partial charge in [-0.3, -0.25) is 0 Å². The van der Waals surface area contributed by atoms with Crippen molar-refractivity contribution in [3.05, 3.63) is 47.6 Å². The molecule has 0 aliphatic rings. The van der Waals surface area contributed by atoms with Crippen LogP contribution in [0.15, 0.2) is 34.9 Å². The number of rotatable bonds is 4. The Morgan fingerprint density at radius 2 is 2.00 bits per heavy atom. The molecule has 2 rings (SSSR count). The van der Waals surface area contributed by atoms with Gasteiger partial charge in [0.05, 0.1) is 6.54 Å². The average Bonchev–Trinajstić information content (AvgIpc) is 2.89. The Labute approximate surface area is 130 Å². The molecule has 0 bridgehead atoms. The third-order valence-electron chi connectivity index (χ3n) is 3.02. The summed E-state index contributed by atoms with van der Waals surface area (Å²) < 4.78 is 44.3. The van der Waals surface area contributed by atoms with Crippen LogP contribution in [0.2, 0.25) is 0 Å². The van der Waals surface area contributed by atoms with E-state index in [1.807, 2.05) is 5.32 Å². The van der Waals surface area contributed by atoms with Crippen molar-refractivity contribution in [1.29, 1.82) is 0 Å². The van der Waals surface area contributed by atoms with Crippen molar-refractivity contribution < 1.29 is 22.5 Å². The molecule has 2 aromatic rings. The van der Waals surface area contributed by atoms with Gasteiger partial charge >= 0.3 is 12.2 Å². The van der Waals surface area contributed by atoms with Gasteiger partial charge in [0.15, 0.2) is 11.9 Å². The first kappa shape index (κ1) is 16.8. The van der Waals surface area contributed by atoms with Crippen molar-refractivity contribution >= 4 is 6.03 Å². The van der Waals surface area contributed by atoms with Gasteiger partial charge in [-0.15, -0.1) is 0 Å². The lowest BCUT2D eigenvalue weighted by atomic mass is 10.1. The summed E-state index contributed by atoms with van der Waals surface area (Å²) in [6.07, 6.45) is -4.61. The maximum atomic E-state index is 13.2. The van der Waals surface area contributed by atoms with Crippen LogP contribution in [0.3, 0.4) is 0 Å². The van der Waals surface area contributed by atoms with E-state index >= 15 is 0 Å². The molecule has 1 heterocycles. The molecule has 0 radical (unpaired) electrons. The van der Waals surface area contributed by atoms with Crippen LogP contribution in [-0.4, -0.2) is 34.3 Å². The minimum absolute atomic E-state index is 0.0443. The molecule has 6 nitrogen and oxygen atoms in total. The van der Waals surface area contributed by atoms with E-state index in [1.54, 1.807) is 13.0 Å². The number of aryl methyl sites for hydroxylation is 1. The lowest BCUT2D eigenvalue weighted by Crippen LogP contribution is -2.44. The summed E-state index contributed by atoms with van der Waals surface area (Å²) in [7, 11) is 1.35. The van der Waals surface area contributed by atoms with Crippen LogP contribution in [0, 0.1) is 6.92 Å². The molecule has 0 aliphatic carbocycles. The van der Waals surface area contributed by atoms with Gasteiger partial charge in [-0.05, 0) is 5.56 Å². The van der Waals surface area contributed by atoms with Gasteiger partial charge in [-0.2, -0.15) is 18.2 Å². The zero-order chi connectivity index (χ0) is 17.0. The fourth-order valence-electron chi connectivity index (χ4n) is 1.92. The summed E-state index contributed by atoms with van der Waals surface area (Å²) in [6, 6.07) is 4.19. The quantitative estimate of drug-likeness (QED) is 0.937. The van der Waals surface area contributed by atoms with Crippen molar-refractivity contribution in [1.82, 2.24) is 20.4 Å². The molecule has 1 aromatic carbocycles. The zero-order valence-electron chi connectivity index (χ0n) is 12.5. The fraction of sp³-hybridized carbons (Fsp3) is 0.357. The highest BCUT2D eigenvalue weighted by Crippen LogP contribution is 2.32. The van der Waals surface area contributed by atoms with Crippen LogP contribution in [0.5, 0.6) is 0 Å². The molecule has 1 N–H and O–H groups in total. The zero-order valence-corrected chi connectivity index (χ0v) is 12.5. The van der Waals surface area contributed by atoms with Crippen LogP contribution >= 0.6 is 0 Å². The number of alkyl halides is 3. The summed E-state index contributed by atoms with van der Waals surface area (Å²) in [4.78, 5) is 17.0. The van der Waals surface area contributed by atoms with Gasteiger partial charge in [-0.1, -0.05) is 35.5 Å². The molecular formula is C14H15F3N4O2. The molecule has 124 valence electrons. The van der Waals surface area contributed by atoms with E-state index in [2.05, 4.69) is 10.1 Å². The number of amides is 2. The Hall–Kier alpha value is -2.58. The van der Waals surface area contributed by atoms with Gasteiger partial charge < -0.3 is 14.7 Å². The van der Waals surface area contributed by atoms with Crippen LogP contribution in [-0.2, 0) is 6.54 Å². The predicted octanol–water partition coefficient (Wildman–Crippen LogP) is 2.82. The van der Waals surface area contributed by atoms with E-state index < -0.39 is 18.2 Å². The first-order valence-corrected chi connectivity index (χ1v) is 6.70. The first-order valence-electron chi connectivity index (χ1n) is 6.70. The molecule has 0 spiro atoms. The monoisotopic (exact) mass is 328 g/mol. The maximum absolute atomic E-state index is 13.2. The van der Waals surface area contributed by atoms with E-state index in [-0.39, 0.29) is 17.9 Å². The van der Waals surface area contributed by atoms with E-state index in [4.69, 9.17) is 4.52 Å². The summed E-state index contributed by atoms with van der Waals surface area (Å²) >= 11 is 0. The smallest absolute Gasteiger partial charge is 0.340 e. The molecule has 9 heteroatoms. The van der Waals surface area contributed by atoms with Crippen molar-refractivity contribution in [2.75, 3.05) is 7.05 Å². The normalized spacial score (nSPS) is 12.7. The third-order valence-corrected chi connectivity index (χ3v) is 3.02. The molecule has 1 atom stereocenters. The van der Waals surface area contributed by atoms with Gasteiger partial charge in [0.25, 0.3) is 0 Å². The van der Waals surface area contributed by atoms with E-state index in [0.717, 1.165) is 4.90 Å². The van der Waals surface area contributed by atoms with Crippen molar-refractivity contribution in [2.24, 2.45) is 0 Å². The predicted molar refractivity (Wildman–Crippen MR) is 74.3 cm³/mol. The minimum atomic E-state index is -4.61. The van der Waals surface area contributed by atoms with E-state index in [1.165, 1.54) is 31.3 Å². The van der Waals surface area contributed by atoms with Crippen LogP contribution < -0.4 is 5.32 Å². The van der Waals surface area contributed by atoms with Crippen LogP contribution in [0.4, 0.5) is 18.0 Å². The number of carbonyl (C=O) groups excluding carboxylic acids is 1. The number of aromatic nitrogens is 2. The number of nitrogens with zero attached hydrogens (tertiary/aromatic N) is 3. The fourth-order valence-corrected chi connectivity index (χ4v) is 1.92. The largest absolute Gasteiger partial charge is 0.412 e. The number of urea groups is 1. The number of benzene rings is 1. The Kier molecular flexibility index (Phi) is 4.87. The summed E-state index contributed by atoms with van der Waals surface area (Å²) in [5, 5.41) is 5.57. The number of nitrogens with one attached hydrogen (secondary N) is 1. The topological polar surface area (TPSA) is 71.3 Å². The number of halogens is 3. The Bertz CT molecular complexity index is 658. The average molecular weight is 328 g/mol. The molecular weight excluding hydrogens is 313 g/mol. The Morgan fingerprint density at radius 3 is 2.52 bits per heavy atom. The highest BCUT2D eigenvalue weighted by Gasteiger charge is 2.42. The maximum Gasteiger partial charge on any atom is 0.412 e. The molecule has 0 fully saturated rings. The van der Waals surface area contributed by atoms with E-state index in [9.17, 15) is 18.0 Å². The second-order valence-electron chi connectivity index (χ2n) is 4.92. The van der Waals surface area contributed by atoms with Gasteiger partial charge in [0.1, 0.15) is 0 Å². The van der Waals surface area contributed by atoms with Gasteiger partial charge in [0, 0.05) is 14.0 Å². The number of hydrogen-bond donors (Lipinski definition) is 1. The summed E-state index contributed by atoms with van der Waals surface area (Å²) in [6.45, 7) is 1.51. The molecule has 0 saturated heterocycles. The van der Waals surface area contributed by atoms with Crippen molar-refractivity contribution in [2.45, 2.75) is 25.7 Å². The lowest BCUT2D eigenvalue weighted by Gasteiger charge is -2.25. The van der Waals surface area contributed by atoms with Crippen molar-refractivity contribution in [3.63, 3.8) is 0 Å². The summed E-state index contributed by atoms with van der Waals surface area (Å²) in [5.41, 5.74) is -0.0443. The number of hydrogen-bond acceptors (Lipinski definition) is 4. The third kappa shape index (κ3) is 4.44. The highest BCUT2D eigenvalue weighted by molar-refractivity contribution is 5.74. The molecule has 0 unspecified atom stereocenters.